The number of hydrogen-bond acceptors (Lipinski definition) is 2. The molecule has 110 valence electrons. The largest absolute Gasteiger partial charge is 0.481 e. The first-order chi connectivity index (χ1) is 9.32. The second kappa shape index (κ2) is 5.57. The van der Waals surface area contributed by atoms with Gasteiger partial charge in [0.1, 0.15) is 0 Å². The van der Waals surface area contributed by atoms with Crippen molar-refractivity contribution in [2.75, 3.05) is 13.1 Å². The van der Waals surface area contributed by atoms with Gasteiger partial charge in [0.25, 0.3) is 0 Å². The molecule has 1 heterocycles. The van der Waals surface area contributed by atoms with Gasteiger partial charge in [-0.3, -0.25) is 9.69 Å². The van der Waals surface area contributed by atoms with Crippen LogP contribution in [0.15, 0.2) is 12.1 Å². The third-order valence-electron chi connectivity index (χ3n) is 4.51. The Morgan fingerprint density at radius 3 is 2.45 bits per heavy atom. The fraction of sp³-hybridized carbons (Fsp3) is 0.588. The highest BCUT2D eigenvalue weighted by Crippen LogP contribution is 2.31. The Morgan fingerprint density at radius 2 is 1.90 bits per heavy atom. The van der Waals surface area contributed by atoms with Crippen LogP contribution in [0.2, 0.25) is 0 Å². The Morgan fingerprint density at radius 1 is 1.30 bits per heavy atom. The molecule has 1 aromatic carbocycles. The Bertz CT molecular complexity index is 501. The Balaban J connectivity index is 2.16. The normalized spacial score (nSPS) is 23.8. The molecular formula is C17H25NO2. The SMILES string of the molecule is Cc1cc(C)c(CN2CCCC(C)(C(=O)O)C2)c(C)c1. The van der Waals surface area contributed by atoms with Gasteiger partial charge in [0.2, 0.25) is 0 Å². The zero-order valence-corrected chi connectivity index (χ0v) is 13.0. The predicted molar refractivity (Wildman–Crippen MR) is 80.9 cm³/mol. The van der Waals surface area contributed by atoms with E-state index in [0.29, 0.717) is 6.54 Å². The fourth-order valence-corrected chi connectivity index (χ4v) is 3.34. The van der Waals surface area contributed by atoms with E-state index in [1.54, 1.807) is 0 Å². The fourth-order valence-electron chi connectivity index (χ4n) is 3.34. The second-order valence-electron chi connectivity index (χ2n) is 6.56. The molecule has 0 amide bonds. The average Bonchev–Trinajstić information content (AvgIpc) is 2.34. The number of hydrogen-bond donors (Lipinski definition) is 1. The molecule has 0 aliphatic carbocycles. The first-order valence-corrected chi connectivity index (χ1v) is 7.34. The highest BCUT2D eigenvalue weighted by molar-refractivity contribution is 5.74. The summed E-state index contributed by atoms with van der Waals surface area (Å²) >= 11 is 0. The number of piperidine rings is 1. The molecule has 1 fully saturated rings. The van der Waals surface area contributed by atoms with E-state index in [-0.39, 0.29) is 0 Å². The molecule has 0 aromatic heterocycles. The summed E-state index contributed by atoms with van der Waals surface area (Å²) in [4.78, 5) is 13.7. The molecule has 1 aliphatic rings. The Kier molecular flexibility index (Phi) is 4.19. The van der Waals surface area contributed by atoms with Crippen LogP contribution in [0.3, 0.4) is 0 Å². The maximum absolute atomic E-state index is 11.4. The van der Waals surface area contributed by atoms with Crippen molar-refractivity contribution in [2.45, 2.75) is 47.1 Å². The predicted octanol–water partition coefficient (Wildman–Crippen LogP) is 3.30. The van der Waals surface area contributed by atoms with Gasteiger partial charge in [0, 0.05) is 13.1 Å². The van der Waals surface area contributed by atoms with E-state index in [9.17, 15) is 9.90 Å². The molecule has 0 bridgehead atoms. The summed E-state index contributed by atoms with van der Waals surface area (Å²) in [7, 11) is 0. The number of benzene rings is 1. The van der Waals surface area contributed by atoms with E-state index in [0.717, 1.165) is 25.9 Å². The molecule has 0 spiro atoms. The molecule has 1 N–H and O–H groups in total. The minimum Gasteiger partial charge on any atom is -0.481 e. The number of likely N-dealkylation sites (tertiary alicyclic amines) is 1. The lowest BCUT2D eigenvalue weighted by Crippen LogP contribution is -2.45. The first kappa shape index (κ1) is 15.0. The maximum atomic E-state index is 11.4. The quantitative estimate of drug-likeness (QED) is 0.920. The maximum Gasteiger partial charge on any atom is 0.310 e. The van der Waals surface area contributed by atoms with Crippen LogP contribution in [0.1, 0.15) is 42.0 Å². The molecule has 1 atom stereocenters. The summed E-state index contributed by atoms with van der Waals surface area (Å²) in [5.74, 6) is -0.667. The zero-order chi connectivity index (χ0) is 14.9. The summed E-state index contributed by atoms with van der Waals surface area (Å²) in [6, 6.07) is 4.42. The minimum absolute atomic E-state index is 0.593. The molecular weight excluding hydrogens is 250 g/mol. The standard InChI is InChI=1S/C17H25NO2/c1-12-8-13(2)15(14(3)9-12)10-18-7-5-6-17(4,11-18)16(19)20/h8-9H,5-7,10-11H2,1-4H3,(H,19,20). The molecule has 20 heavy (non-hydrogen) atoms. The van der Waals surface area contributed by atoms with Gasteiger partial charge in [-0.2, -0.15) is 0 Å². The minimum atomic E-state index is -0.667. The number of nitrogens with zero attached hydrogens (tertiary/aromatic N) is 1. The lowest BCUT2D eigenvalue weighted by Gasteiger charge is -2.38. The van der Waals surface area contributed by atoms with Crippen LogP contribution in [0.25, 0.3) is 0 Å². The molecule has 1 unspecified atom stereocenters. The van der Waals surface area contributed by atoms with Gasteiger partial charge in [0.05, 0.1) is 5.41 Å². The second-order valence-corrected chi connectivity index (χ2v) is 6.56. The number of carboxylic acid groups (broad SMARTS) is 1. The van der Waals surface area contributed by atoms with Crippen molar-refractivity contribution in [3.63, 3.8) is 0 Å². The highest BCUT2D eigenvalue weighted by Gasteiger charge is 2.37. The van der Waals surface area contributed by atoms with Crippen LogP contribution in [0.5, 0.6) is 0 Å². The van der Waals surface area contributed by atoms with Gasteiger partial charge in [-0.05, 0) is 63.8 Å². The monoisotopic (exact) mass is 275 g/mol. The lowest BCUT2D eigenvalue weighted by atomic mass is 9.81. The van der Waals surface area contributed by atoms with E-state index in [1.807, 2.05) is 6.92 Å². The van der Waals surface area contributed by atoms with Crippen molar-refractivity contribution in [2.24, 2.45) is 5.41 Å². The molecule has 1 aliphatic heterocycles. The Hall–Kier alpha value is -1.35. The molecule has 1 aromatic rings. The van der Waals surface area contributed by atoms with Crippen molar-refractivity contribution in [1.82, 2.24) is 4.90 Å². The van der Waals surface area contributed by atoms with Crippen LogP contribution in [-0.2, 0) is 11.3 Å². The van der Waals surface area contributed by atoms with E-state index < -0.39 is 11.4 Å². The molecule has 2 rings (SSSR count). The highest BCUT2D eigenvalue weighted by atomic mass is 16.4. The number of carbonyl (C=O) groups is 1. The van der Waals surface area contributed by atoms with Gasteiger partial charge >= 0.3 is 5.97 Å². The van der Waals surface area contributed by atoms with Crippen LogP contribution in [0, 0.1) is 26.2 Å². The van der Waals surface area contributed by atoms with Crippen molar-refractivity contribution >= 4 is 5.97 Å². The van der Waals surface area contributed by atoms with Crippen molar-refractivity contribution < 1.29 is 9.90 Å². The number of carboxylic acids is 1. The lowest BCUT2D eigenvalue weighted by molar-refractivity contribution is -0.151. The van der Waals surface area contributed by atoms with Gasteiger partial charge in [0.15, 0.2) is 0 Å². The first-order valence-electron chi connectivity index (χ1n) is 7.34. The Labute approximate surface area is 121 Å². The van der Waals surface area contributed by atoms with Gasteiger partial charge < -0.3 is 5.11 Å². The zero-order valence-electron chi connectivity index (χ0n) is 13.0. The number of rotatable bonds is 3. The topological polar surface area (TPSA) is 40.5 Å². The number of aryl methyl sites for hydroxylation is 3. The van der Waals surface area contributed by atoms with Crippen LogP contribution >= 0.6 is 0 Å². The van der Waals surface area contributed by atoms with E-state index in [4.69, 9.17) is 0 Å². The van der Waals surface area contributed by atoms with E-state index >= 15 is 0 Å². The van der Waals surface area contributed by atoms with Crippen LogP contribution in [0.4, 0.5) is 0 Å². The summed E-state index contributed by atoms with van der Waals surface area (Å²) in [5, 5.41) is 9.40. The molecule has 3 heteroatoms. The van der Waals surface area contributed by atoms with Crippen LogP contribution in [-0.4, -0.2) is 29.1 Å². The third-order valence-corrected chi connectivity index (χ3v) is 4.51. The van der Waals surface area contributed by atoms with E-state index in [2.05, 4.69) is 37.8 Å². The number of aliphatic carboxylic acids is 1. The summed E-state index contributed by atoms with van der Waals surface area (Å²) < 4.78 is 0. The summed E-state index contributed by atoms with van der Waals surface area (Å²) in [6.45, 7) is 10.8. The molecule has 1 saturated heterocycles. The van der Waals surface area contributed by atoms with Crippen molar-refractivity contribution in [1.29, 1.82) is 0 Å². The van der Waals surface area contributed by atoms with Gasteiger partial charge in [-0.15, -0.1) is 0 Å². The van der Waals surface area contributed by atoms with Crippen LogP contribution < -0.4 is 0 Å². The van der Waals surface area contributed by atoms with E-state index in [1.165, 1.54) is 22.3 Å². The van der Waals surface area contributed by atoms with Crippen molar-refractivity contribution in [3.05, 3.63) is 34.4 Å². The molecule has 3 nitrogen and oxygen atoms in total. The van der Waals surface area contributed by atoms with Gasteiger partial charge in [-0.1, -0.05) is 17.7 Å². The molecule has 0 saturated carbocycles. The van der Waals surface area contributed by atoms with Gasteiger partial charge in [-0.25, -0.2) is 0 Å². The van der Waals surface area contributed by atoms with Crippen molar-refractivity contribution in [3.8, 4) is 0 Å². The average molecular weight is 275 g/mol. The third kappa shape index (κ3) is 3.04. The summed E-state index contributed by atoms with van der Waals surface area (Å²) in [5.41, 5.74) is 4.67. The summed E-state index contributed by atoms with van der Waals surface area (Å²) in [6.07, 6.45) is 1.75. The molecule has 0 radical (unpaired) electrons. The smallest absolute Gasteiger partial charge is 0.310 e.